The van der Waals surface area contributed by atoms with E-state index in [2.05, 4.69) is 0 Å². The van der Waals surface area contributed by atoms with Gasteiger partial charge in [0.1, 0.15) is 0 Å². The molecule has 0 unspecified atom stereocenters. The molecule has 0 radical (unpaired) electrons. The zero-order chi connectivity index (χ0) is 15.4. The lowest BCUT2D eigenvalue weighted by molar-refractivity contribution is -0.388. The number of nitro benzene ring substituents is 1. The van der Waals surface area contributed by atoms with Gasteiger partial charge in [0.05, 0.1) is 16.2 Å². The van der Waals surface area contributed by atoms with E-state index >= 15 is 0 Å². The largest absolute Gasteiger partial charge is 0.481 e. The fraction of sp³-hybridized carbons (Fsp3) is 0.0714. The monoisotopic (exact) mass is 323 g/mol. The number of carbonyl (C=O) groups is 1. The lowest BCUT2D eigenvalue weighted by Crippen LogP contribution is -2.04. The smallest absolute Gasteiger partial charge is 0.308 e. The maximum absolute atomic E-state index is 11.2. The van der Waals surface area contributed by atoms with Crippen LogP contribution in [0.4, 0.5) is 5.69 Å². The van der Waals surface area contributed by atoms with Crippen molar-refractivity contribution in [3.63, 3.8) is 0 Å². The zero-order valence-electron chi connectivity index (χ0n) is 10.7. The van der Waals surface area contributed by atoms with Crippen LogP contribution in [0.15, 0.2) is 52.3 Å². The summed E-state index contributed by atoms with van der Waals surface area (Å²) in [5.41, 5.74) is 0.0197. The summed E-state index contributed by atoms with van der Waals surface area (Å²) in [6.45, 7) is 0. The van der Waals surface area contributed by atoms with Crippen molar-refractivity contribution in [1.29, 1.82) is 0 Å². The second kappa shape index (κ2) is 6.60. The SMILES string of the molecule is O=C(O)Cc1cccc(Sc2ccc(Cl)cc2)c1[N+](=O)[O-]. The fourth-order valence-electron chi connectivity index (χ4n) is 1.79. The quantitative estimate of drug-likeness (QED) is 0.663. The number of para-hydroxylation sites is 1. The normalized spacial score (nSPS) is 10.3. The van der Waals surface area contributed by atoms with Gasteiger partial charge in [-0.2, -0.15) is 0 Å². The van der Waals surface area contributed by atoms with Gasteiger partial charge in [0.2, 0.25) is 0 Å². The Balaban J connectivity index is 2.40. The minimum atomic E-state index is -1.10. The van der Waals surface area contributed by atoms with Gasteiger partial charge in [0.25, 0.3) is 5.69 Å². The van der Waals surface area contributed by atoms with Gasteiger partial charge >= 0.3 is 5.97 Å². The van der Waals surface area contributed by atoms with Crippen LogP contribution in [-0.4, -0.2) is 16.0 Å². The van der Waals surface area contributed by atoms with Crippen molar-refractivity contribution >= 4 is 35.0 Å². The second-order valence-electron chi connectivity index (χ2n) is 4.15. The number of nitro groups is 1. The van der Waals surface area contributed by atoms with Crippen molar-refractivity contribution < 1.29 is 14.8 Å². The molecular weight excluding hydrogens is 314 g/mol. The van der Waals surface area contributed by atoms with Gasteiger partial charge in [0.15, 0.2) is 0 Å². The highest BCUT2D eigenvalue weighted by molar-refractivity contribution is 7.99. The van der Waals surface area contributed by atoms with Crippen molar-refractivity contribution in [3.05, 3.63) is 63.2 Å². The lowest BCUT2D eigenvalue weighted by atomic mass is 10.1. The van der Waals surface area contributed by atoms with Crippen LogP contribution in [0, 0.1) is 10.1 Å². The van der Waals surface area contributed by atoms with E-state index in [0.29, 0.717) is 9.92 Å². The minimum Gasteiger partial charge on any atom is -0.481 e. The van der Waals surface area contributed by atoms with Gasteiger partial charge in [-0.05, 0) is 30.3 Å². The molecule has 0 atom stereocenters. The average Bonchev–Trinajstić information content (AvgIpc) is 2.40. The highest BCUT2D eigenvalue weighted by atomic mass is 35.5. The van der Waals surface area contributed by atoms with E-state index < -0.39 is 10.9 Å². The van der Waals surface area contributed by atoms with Crippen LogP contribution in [0.2, 0.25) is 5.02 Å². The van der Waals surface area contributed by atoms with E-state index in [-0.39, 0.29) is 17.7 Å². The average molecular weight is 324 g/mol. The van der Waals surface area contributed by atoms with Gasteiger partial charge in [-0.15, -0.1) is 0 Å². The summed E-state index contributed by atoms with van der Waals surface area (Å²) in [7, 11) is 0. The number of hydrogen-bond acceptors (Lipinski definition) is 4. The number of aliphatic carboxylic acids is 1. The summed E-state index contributed by atoms with van der Waals surface area (Å²) in [6, 6.07) is 11.6. The number of nitrogens with zero attached hydrogens (tertiary/aromatic N) is 1. The topological polar surface area (TPSA) is 80.4 Å². The molecule has 2 rings (SSSR count). The van der Waals surface area contributed by atoms with Crippen LogP contribution in [-0.2, 0) is 11.2 Å². The molecule has 1 N–H and O–H groups in total. The molecule has 21 heavy (non-hydrogen) atoms. The minimum absolute atomic E-state index is 0.167. The lowest BCUT2D eigenvalue weighted by Gasteiger charge is -2.06. The van der Waals surface area contributed by atoms with Gasteiger partial charge in [-0.3, -0.25) is 14.9 Å². The van der Waals surface area contributed by atoms with Gasteiger partial charge in [-0.1, -0.05) is 35.5 Å². The van der Waals surface area contributed by atoms with E-state index in [1.54, 1.807) is 36.4 Å². The fourth-order valence-corrected chi connectivity index (χ4v) is 2.89. The van der Waals surface area contributed by atoms with E-state index in [1.165, 1.54) is 17.8 Å². The summed E-state index contributed by atoms with van der Waals surface area (Å²) in [4.78, 5) is 22.7. The van der Waals surface area contributed by atoms with Crippen molar-refractivity contribution in [3.8, 4) is 0 Å². The Morgan fingerprint density at radius 1 is 1.24 bits per heavy atom. The number of carboxylic acid groups (broad SMARTS) is 1. The van der Waals surface area contributed by atoms with E-state index in [0.717, 1.165) is 4.90 Å². The molecule has 5 nitrogen and oxygen atoms in total. The first-order valence-electron chi connectivity index (χ1n) is 5.89. The van der Waals surface area contributed by atoms with E-state index in [9.17, 15) is 14.9 Å². The third-order valence-electron chi connectivity index (χ3n) is 2.65. The van der Waals surface area contributed by atoms with Crippen LogP contribution in [0.1, 0.15) is 5.56 Å². The molecule has 2 aromatic carbocycles. The Bertz CT molecular complexity index is 688. The second-order valence-corrected chi connectivity index (χ2v) is 5.70. The molecule has 0 aliphatic rings. The Labute approximate surface area is 129 Å². The number of carboxylic acids is 1. The molecule has 0 aliphatic carbocycles. The third kappa shape index (κ3) is 3.96. The van der Waals surface area contributed by atoms with Crippen molar-refractivity contribution in [1.82, 2.24) is 0 Å². The molecule has 0 fully saturated rings. The molecule has 0 heterocycles. The van der Waals surface area contributed by atoms with Crippen LogP contribution >= 0.6 is 23.4 Å². The van der Waals surface area contributed by atoms with Gasteiger partial charge in [-0.25, -0.2) is 0 Å². The standard InChI is InChI=1S/C14H10ClNO4S/c15-10-4-6-11(7-5-10)21-12-3-1-2-9(8-13(17)18)14(12)16(19)20/h1-7H,8H2,(H,17,18). The van der Waals surface area contributed by atoms with Crippen molar-refractivity contribution in [2.75, 3.05) is 0 Å². The van der Waals surface area contributed by atoms with Gasteiger partial charge in [0, 0.05) is 15.5 Å². The highest BCUT2D eigenvalue weighted by Crippen LogP contribution is 2.37. The summed E-state index contributed by atoms with van der Waals surface area (Å²) < 4.78 is 0. The molecule has 0 aliphatic heterocycles. The molecule has 0 aromatic heterocycles. The summed E-state index contributed by atoms with van der Waals surface area (Å²) in [5.74, 6) is -1.10. The predicted molar refractivity (Wildman–Crippen MR) is 80.0 cm³/mol. The Kier molecular flexibility index (Phi) is 4.82. The molecular formula is C14H10ClNO4S. The first kappa shape index (κ1) is 15.3. The molecule has 0 saturated heterocycles. The highest BCUT2D eigenvalue weighted by Gasteiger charge is 2.21. The van der Waals surface area contributed by atoms with Crippen LogP contribution < -0.4 is 0 Å². The molecule has 108 valence electrons. The number of rotatable bonds is 5. The van der Waals surface area contributed by atoms with Crippen molar-refractivity contribution in [2.24, 2.45) is 0 Å². The first-order chi connectivity index (χ1) is 9.97. The number of hydrogen-bond donors (Lipinski definition) is 1. The van der Waals surface area contributed by atoms with E-state index in [4.69, 9.17) is 16.7 Å². The molecule has 0 amide bonds. The summed E-state index contributed by atoms with van der Waals surface area (Å²) in [6.07, 6.45) is -0.384. The number of benzene rings is 2. The molecule has 0 spiro atoms. The molecule has 0 bridgehead atoms. The third-order valence-corrected chi connectivity index (χ3v) is 3.96. The van der Waals surface area contributed by atoms with Crippen LogP contribution in [0.3, 0.4) is 0 Å². The van der Waals surface area contributed by atoms with Crippen LogP contribution in [0.25, 0.3) is 0 Å². The maximum atomic E-state index is 11.2. The van der Waals surface area contributed by atoms with Crippen LogP contribution in [0.5, 0.6) is 0 Å². The Morgan fingerprint density at radius 2 is 1.90 bits per heavy atom. The maximum Gasteiger partial charge on any atom is 0.308 e. The van der Waals surface area contributed by atoms with E-state index in [1.807, 2.05) is 0 Å². The molecule has 0 saturated carbocycles. The predicted octanol–water partition coefficient (Wildman–Crippen LogP) is 4.03. The van der Waals surface area contributed by atoms with Gasteiger partial charge < -0.3 is 5.11 Å². The molecule has 7 heteroatoms. The molecule has 2 aromatic rings. The zero-order valence-corrected chi connectivity index (χ0v) is 12.2. The number of halogens is 1. The summed E-state index contributed by atoms with van der Waals surface area (Å²) >= 11 is 7.00. The Morgan fingerprint density at radius 3 is 2.48 bits per heavy atom. The first-order valence-corrected chi connectivity index (χ1v) is 7.08. The van der Waals surface area contributed by atoms with Crippen molar-refractivity contribution in [2.45, 2.75) is 16.2 Å². The Hall–Kier alpha value is -2.05. The summed E-state index contributed by atoms with van der Waals surface area (Å²) in [5, 5.41) is 20.7.